The maximum atomic E-state index is 12.4. The van der Waals surface area contributed by atoms with Crippen molar-refractivity contribution in [3.8, 4) is 16.3 Å². The van der Waals surface area contributed by atoms with Crippen LogP contribution in [0.15, 0.2) is 46.5 Å². The predicted molar refractivity (Wildman–Crippen MR) is 103 cm³/mol. The van der Waals surface area contributed by atoms with Crippen molar-refractivity contribution in [2.24, 2.45) is 0 Å². The molecule has 0 aliphatic rings. The molecule has 1 aromatic carbocycles. The van der Waals surface area contributed by atoms with Crippen LogP contribution in [0.4, 0.5) is 0 Å². The van der Waals surface area contributed by atoms with Crippen molar-refractivity contribution in [2.45, 2.75) is 13.3 Å². The highest BCUT2D eigenvalue weighted by Crippen LogP contribution is 2.25. The van der Waals surface area contributed by atoms with E-state index in [2.05, 4.69) is 10.4 Å². The molecule has 0 unspecified atom stereocenters. The van der Waals surface area contributed by atoms with Gasteiger partial charge in [0.15, 0.2) is 0 Å². The van der Waals surface area contributed by atoms with E-state index in [9.17, 15) is 4.79 Å². The minimum Gasteiger partial charge on any atom is -0.491 e. The van der Waals surface area contributed by atoms with Crippen molar-refractivity contribution in [1.82, 2.24) is 9.88 Å². The first-order valence-electron chi connectivity index (χ1n) is 8.03. The third-order valence-electron chi connectivity index (χ3n) is 3.86. The Hall–Kier alpha value is -2.18. The molecule has 2 heterocycles. The van der Waals surface area contributed by atoms with Crippen LogP contribution in [0.5, 0.6) is 5.75 Å². The Morgan fingerprint density at radius 2 is 2.08 bits per heavy atom. The summed E-state index contributed by atoms with van der Waals surface area (Å²) in [7, 11) is 1.80. The van der Waals surface area contributed by atoms with E-state index in [1.54, 1.807) is 34.6 Å². The molecular formula is C19H20N2O2S2. The normalized spacial score (nSPS) is 10.6. The van der Waals surface area contributed by atoms with Crippen LogP contribution in [0.3, 0.4) is 0 Å². The lowest BCUT2D eigenvalue weighted by molar-refractivity contribution is -0.129. The molecule has 0 bridgehead atoms. The van der Waals surface area contributed by atoms with Crippen LogP contribution in [-0.2, 0) is 11.2 Å². The maximum absolute atomic E-state index is 12.4. The van der Waals surface area contributed by atoms with E-state index in [1.807, 2.05) is 48.0 Å². The number of amides is 1. The van der Waals surface area contributed by atoms with Gasteiger partial charge in [-0.1, -0.05) is 18.2 Å². The zero-order chi connectivity index (χ0) is 17.6. The molecule has 0 saturated carbocycles. The van der Waals surface area contributed by atoms with Crippen LogP contribution in [-0.4, -0.2) is 36.0 Å². The van der Waals surface area contributed by atoms with Crippen molar-refractivity contribution < 1.29 is 9.53 Å². The van der Waals surface area contributed by atoms with Crippen molar-refractivity contribution in [3.63, 3.8) is 0 Å². The SMILES string of the molecule is Cc1ccccc1OCCN(C)C(=O)Cc1csc(-c2ccsc2)n1. The van der Waals surface area contributed by atoms with Crippen LogP contribution >= 0.6 is 22.7 Å². The summed E-state index contributed by atoms with van der Waals surface area (Å²) in [5.41, 5.74) is 3.04. The Bertz CT molecular complexity index is 828. The molecule has 3 aromatic rings. The number of rotatable bonds is 7. The van der Waals surface area contributed by atoms with E-state index < -0.39 is 0 Å². The number of hydrogen-bond acceptors (Lipinski definition) is 5. The average Bonchev–Trinajstić information content (AvgIpc) is 3.27. The third-order valence-corrected chi connectivity index (χ3v) is 5.48. The zero-order valence-corrected chi connectivity index (χ0v) is 15.9. The number of carbonyl (C=O) groups is 1. The van der Waals surface area contributed by atoms with Gasteiger partial charge in [0.05, 0.1) is 18.7 Å². The van der Waals surface area contributed by atoms with Crippen LogP contribution in [0.25, 0.3) is 10.6 Å². The first kappa shape index (κ1) is 17.6. The largest absolute Gasteiger partial charge is 0.491 e. The Morgan fingerprint density at radius 3 is 2.84 bits per heavy atom. The molecule has 0 radical (unpaired) electrons. The number of thiazole rings is 1. The first-order chi connectivity index (χ1) is 12.1. The summed E-state index contributed by atoms with van der Waals surface area (Å²) in [5, 5.41) is 7.03. The van der Waals surface area contributed by atoms with Crippen molar-refractivity contribution in [1.29, 1.82) is 0 Å². The smallest absolute Gasteiger partial charge is 0.228 e. The predicted octanol–water partition coefficient (Wildman–Crippen LogP) is 4.26. The zero-order valence-electron chi connectivity index (χ0n) is 14.3. The van der Waals surface area contributed by atoms with Gasteiger partial charge in [-0.2, -0.15) is 11.3 Å². The summed E-state index contributed by atoms with van der Waals surface area (Å²) in [5.74, 6) is 0.916. The van der Waals surface area contributed by atoms with E-state index >= 15 is 0 Å². The van der Waals surface area contributed by atoms with E-state index in [-0.39, 0.29) is 5.91 Å². The monoisotopic (exact) mass is 372 g/mol. The Morgan fingerprint density at radius 1 is 1.24 bits per heavy atom. The number of likely N-dealkylation sites (N-methyl/N-ethyl adjacent to an activating group) is 1. The van der Waals surface area contributed by atoms with E-state index in [0.29, 0.717) is 19.6 Å². The molecule has 1 amide bonds. The number of benzene rings is 1. The molecule has 0 N–H and O–H groups in total. The van der Waals surface area contributed by atoms with Crippen LogP contribution in [0.1, 0.15) is 11.3 Å². The number of nitrogens with zero attached hydrogens (tertiary/aromatic N) is 2. The fourth-order valence-corrected chi connectivity index (χ4v) is 3.86. The minimum atomic E-state index is 0.0514. The summed E-state index contributed by atoms with van der Waals surface area (Å²) < 4.78 is 5.75. The summed E-state index contributed by atoms with van der Waals surface area (Å²) in [6.07, 6.45) is 0.321. The Balaban J connectivity index is 1.48. The van der Waals surface area contributed by atoms with Gasteiger partial charge in [-0.3, -0.25) is 4.79 Å². The highest BCUT2D eigenvalue weighted by atomic mass is 32.1. The maximum Gasteiger partial charge on any atom is 0.228 e. The lowest BCUT2D eigenvalue weighted by Crippen LogP contribution is -2.32. The van der Waals surface area contributed by atoms with Gasteiger partial charge in [-0.05, 0) is 30.0 Å². The number of hydrogen-bond donors (Lipinski definition) is 0. The van der Waals surface area contributed by atoms with E-state index in [0.717, 1.165) is 27.6 Å². The number of aryl methyl sites for hydroxylation is 1. The highest BCUT2D eigenvalue weighted by molar-refractivity contribution is 7.14. The molecule has 25 heavy (non-hydrogen) atoms. The van der Waals surface area contributed by atoms with Gasteiger partial charge in [0, 0.05) is 23.4 Å². The summed E-state index contributed by atoms with van der Waals surface area (Å²) >= 11 is 3.23. The molecular weight excluding hydrogens is 352 g/mol. The Kier molecular flexibility index (Phi) is 5.83. The molecule has 6 heteroatoms. The molecule has 0 aliphatic heterocycles. The van der Waals surface area contributed by atoms with Gasteiger partial charge in [0.1, 0.15) is 17.4 Å². The van der Waals surface area contributed by atoms with Crippen molar-refractivity contribution in [3.05, 3.63) is 57.7 Å². The fraction of sp³-hybridized carbons (Fsp3) is 0.263. The van der Waals surface area contributed by atoms with Crippen LogP contribution in [0, 0.1) is 6.92 Å². The molecule has 130 valence electrons. The minimum absolute atomic E-state index is 0.0514. The van der Waals surface area contributed by atoms with Gasteiger partial charge >= 0.3 is 0 Å². The fourth-order valence-electron chi connectivity index (χ4n) is 2.33. The number of carbonyl (C=O) groups excluding carboxylic acids is 1. The molecule has 0 atom stereocenters. The van der Waals surface area contributed by atoms with Crippen LogP contribution < -0.4 is 4.74 Å². The van der Waals surface area contributed by atoms with Crippen molar-refractivity contribution in [2.75, 3.05) is 20.2 Å². The summed E-state index contributed by atoms with van der Waals surface area (Å²) in [6.45, 7) is 3.04. The van der Waals surface area contributed by atoms with Gasteiger partial charge in [-0.25, -0.2) is 4.98 Å². The number of aromatic nitrogens is 1. The summed E-state index contributed by atoms with van der Waals surface area (Å²) in [4.78, 5) is 18.6. The van der Waals surface area contributed by atoms with E-state index in [1.165, 1.54) is 0 Å². The number of thiophene rings is 1. The van der Waals surface area contributed by atoms with Gasteiger partial charge in [-0.15, -0.1) is 11.3 Å². The molecule has 2 aromatic heterocycles. The van der Waals surface area contributed by atoms with E-state index in [4.69, 9.17) is 4.74 Å². The number of para-hydroxylation sites is 1. The second kappa shape index (κ2) is 8.27. The van der Waals surface area contributed by atoms with Crippen molar-refractivity contribution >= 4 is 28.6 Å². The molecule has 0 aliphatic carbocycles. The first-order valence-corrected chi connectivity index (χ1v) is 9.85. The molecule has 3 rings (SSSR count). The molecule has 0 spiro atoms. The highest BCUT2D eigenvalue weighted by Gasteiger charge is 2.13. The lowest BCUT2D eigenvalue weighted by Gasteiger charge is -2.17. The standard InChI is InChI=1S/C19H20N2O2S2/c1-14-5-3-4-6-17(14)23-9-8-21(2)18(22)11-16-13-25-19(20-16)15-7-10-24-12-15/h3-7,10,12-13H,8-9,11H2,1-2H3. The molecule has 0 saturated heterocycles. The summed E-state index contributed by atoms with van der Waals surface area (Å²) in [6, 6.07) is 9.93. The lowest BCUT2D eigenvalue weighted by atomic mass is 10.2. The van der Waals surface area contributed by atoms with Gasteiger partial charge < -0.3 is 9.64 Å². The van der Waals surface area contributed by atoms with Gasteiger partial charge in [0.25, 0.3) is 0 Å². The van der Waals surface area contributed by atoms with Crippen LogP contribution in [0.2, 0.25) is 0 Å². The quantitative estimate of drug-likeness (QED) is 0.622. The second-order valence-electron chi connectivity index (χ2n) is 5.76. The third kappa shape index (κ3) is 4.67. The Labute approximate surface area is 155 Å². The second-order valence-corrected chi connectivity index (χ2v) is 7.40. The molecule has 4 nitrogen and oxygen atoms in total. The number of ether oxygens (including phenoxy) is 1. The topological polar surface area (TPSA) is 42.4 Å². The molecule has 0 fully saturated rings. The average molecular weight is 373 g/mol. The van der Waals surface area contributed by atoms with Gasteiger partial charge in [0.2, 0.25) is 5.91 Å².